The molecule has 3 aromatic rings. The molecule has 5 rings (SSSR count). The molecule has 198 valence electrons. The number of nitrogens with one attached hydrogen (secondary N) is 1. The molecule has 1 aliphatic heterocycles. The van der Waals surface area contributed by atoms with Gasteiger partial charge in [-0.15, -0.1) is 0 Å². The second-order valence-electron chi connectivity index (χ2n) is 10.3. The summed E-state index contributed by atoms with van der Waals surface area (Å²) in [7, 11) is 1.45. The minimum absolute atomic E-state index is 0.0395. The van der Waals surface area contributed by atoms with Crippen molar-refractivity contribution in [1.82, 2.24) is 4.90 Å². The Morgan fingerprint density at radius 1 is 0.816 bits per heavy atom. The lowest BCUT2D eigenvalue weighted by atomic mass is 9.82. The molecule has 0 radical (unpaired) electrons. The van der Waals surface area contributed by atoms with Crippen LogP contribution in [0.15, 0.2) is 78.9 Å². The smallest absolute Gasteiger partial charge is 0.327 e. The Morgan fingerprint density at radius 2 is 1.47 bits per heavy atom. The molecule has 2 fully saturated rings. The van der Waals surface area contributed by atoms with Crippen molar-refractivity contribution < 1.29 is 14.3 Å². The highest BCUT2D eigenvalue weighted by Crippen LogP contribution is 2.34. The molecular formula is C32H37N3O3. The molecule has 6 heteroatoms. The van der Waals surface area contributed by atoms with Crippen LogP contribution in [0.25, 0.3) is 0 Å². The number of benzene rings is 3. The molecular weight excluding hydrogens is 474 g/mol. The minimum Gasteiger partial charge on any atom is -0.468 e. The highest BCUT2D eigenvalue weighted by molar-refractivity contribution is 6.05. The Bertz CT molecular complexity index is 1210. The second-order valence-corrected chi connectivity index (χ2v) is 10.3. The first kappa shape index (κ1) is 26.0. The van der Waals surface area contributed by atoms with Crippen molar-refractivity contribution in [2.45, 2.75) is 44.1 Å². The molecule has 1 unspecified atom stereocenters. The van der Waals surface area contributed by atoms with Gasteiger partial charge in [-0.2, -0.15) is 0 Å². The molecule has 1 saturated carbocycles. The van der Waals surface area contributed by atoms with Crippen molar-refractivity contribution in [3.8, 4) is 0 Å². The molecule has 0 bridgehead atoms. The van der Waals surface area contributed by atoms with Gasteiger partial charge in [-0.3, -0.25) is 9.69 Å². The number of esters is 1. The lowest BCUT2D eigenvalue weighted by molar-refractivity contribution is -0.147. The first-order valence-electron chi connectivity index (χ1n) is 13.8. The third kappa shape index (κ3) is 5.91. The van der Waals surface area contributed by atoms with Gasteiger partial charge in [-0.05, 0) is 60.2 Å². The Kier molecular flexibility index (Phi) is 8.39. The number of amides is 1. The van der Waals surface area contributed by atoms with E-state index >= 15 is 0 Å². The van der Waals surface area contributed by atoms with Crippen LogP contribution in [0.4, 0.5) is 11.4 Å². The number of methoxy groups -OCH3 is 1. The number of nitrogens with zero attached hydrogens (tertiary/aromatic N) is 2. The Morgan fingerprint density at radius 3 is 2.16 bits per heavy atom. The normalized spacial score (nSPS) is 17.6. The molecule has 1 atom stereocenters. The molecule has 1 aliphatic carbocycles. The summed E-state index contributed by atoms with van der Waals surface area (Å²) in [5.74, 6) is 0.213. The third-order valence-corrected chi connectivity index (χ3v) is 7.96. The van der Waals surface area contributed by atoms with E-state index in [1.165, 1.54) is 31.9 Å². The zero-order valence-corrected chi connectivity index (χ0v) is 22.1. The predicted molar refractivity (Wildman–Crippen MR) is 152 cm³/mol. The van der Waals surface area contributed by atoms with Gasteiger partial charge in [0.25, 0.3) is 5.91 Å². The van der Waals surface area contributed by atoms with Gasteiger partial charge in [0.2, 0.25) is 0 Å². The van der Waals surface area contributed by atoms with Crippen LogP contribution in [0, 0.1) is 0 Å². The number of ether oxygens (including phenoxy) is 1. The number of rotatable bonds is 7. The third-order valence-electron chi connectivity index (χ3n) is 7.96. The predicted octanol–water partition coefficient (Wildman–Crippen LogP) is 6.02. The quantitative estimate of drug-likeness (QED) is 0.393. The Hall–Kier alpha value is -3.64. The van der Waals surface area contributed by atoms with Crippen molar-refractivity contribution in [2.75, 3.05) is 43.5 Å². The largest absolute Gasteiger partial charge is 0.468 e. The van der Waals surface area contributed by atoms with Crippen molar-refractivity contribution in [2.24, 2.45) is 0 Å². The maximum Gasteiger partial charge on any atom is 0.327 e. The lowest BCUT2D eigenvalue weighted by Crippen LogP contribution is -2.49. The van der Waals surface area contributed by atoms with Crippen LogP contribution in [-0.2, 0) is 9.53 Å². The van der Waals surface area contributed by atoms with Gasteiger partial charge >= 0.3 is 5.97 Å². The molecule has 1 N–H and O–H groups in total. The molecule has 38 heavy (non-hydrogen) atoms. The zero-order chi connectivity index (χ0) is 26.3. The van der Waals surface area contributed by atoms with Crippen LogP contribution >= 0.6 is 0 Å². The molecule has 1 amide bonds. The van der Waals surface area contributed by atoms with Crippen LogP contribution in [0.2, 0.25) is 0 Å². The second kappa shape index (κ2) is 12.3. The number of carbonyl (C=O) groups is 2. The first-order chi connectivity index (χ1) is 18.6. The molecule has 6 nitrogen and oxygen atoms in total. The van der Waals surface area contributed by atoms with E-state index in [-0.39, 0.29) is 11.9 Å². The average Bonchev–Trinajstić information content (AvgIpc) is 2.99. The monoisotopic (exact) mass is 511 g/mol. The van der Waals surface area contributed by atoms with Gasteiger partial charge in [0, 0.05) is 43.1 Å². The highest BCUT2D eigenvalue weighted by Gasteiger charge is 2.31. The van der Waals surface area contributed by atoms with E-state index in [1.807, 2.05) is 60.7 Å². The van der Waals surface area contributed by atoms with Crippen molar-refractivity contribution in [1.29, 1.82) is 0 Å². The van der Waals surface area contributed by atoms with E-state index in [1.54, 1.807) is 0 Å². The van der Waals surface area contributed by atoms with Crippen LogP contribution in [0.5, 0.6) is 0 Å². The molecule has 0 aromatic heterocycles. The molecule has 3 aromatic carbocycles. The number of piperazine rings is 1. The first-order valence-corrected chi connectivity index (χ1v) is 13.8. The lowest BCUT2D eigenvalue weighted by Gasteiger charge is -2.39. The number of anilines is 2. The van der Waals surface area contributed by atoms with E-state index in [2.05, 4.69) is 33.3 Å². The van der Waals surface area contributed by atoms with E-state index in [0.717, 1.165) is 61.5 Å². The summed E-state index contributed by atoms with van der Waals surface area (Å²) in [4.78, 5) is 30.3. The van der Waals surface area contributed by atoms with Crippen LogP contribution in [-0.4, -0.2) is 50.1 Å². The van der Waals surface area contributed by atoms with Gasteiger partial charge in [-0.25, -0.2) is 4.79 Å². The summed E-state index contributed by atoms with van der Waals surface area (Å²) in [6.07, 6.45) is 6.11. The van der Waals surface area contributed by atoms with E-state index in [0.29, 0.717) is 5.92 Å². The number of hydrogen-bond donors (Lipinski definition) is 1. The maximum absolute atomic E-state index is 13.2. The van der Waals surface area contributed by atoms with E-state index in [4.69, 9.17) is 4.74 Å². The number of hydrogen-bond acceptors (Lipinski definition) is 5. The van der Waals surface area contributed by atoms with Crippen LogP contribution in [0.3, 0.4) is 0 Å². The van der Waals surface area contributed by atoms with E-state index < -0.39 is 6.04 Å². The van der Waals surface area contributed by atoms with Gasteiger partial charge in [0.1, 0.15) is 6.04 Å². The van der Waals surface area contributed by atoms with Crippen molar-refractivity contribution in [3.05, 3.63) is 95.6 Å². The van der Waals surface area contributed by atoms with Crippen molar-refractivity contribution in [3.63, 3.8) is 0 Å². The summed E-state index contributed by atoms with van der Waals surface area (Å²) in [6, 6.07) is 25.6. The number of carbonyl (C=O) groups excluding carboxylic acids is 2. The van der Waals surface area contributed by atoms with Gasteiger partial charge in [-0.1, -0.05) is 67.8 Å². The fourth-order valence-corrected chi connectivity index (χ4v) is 5.91. The molecule has 1 saturated heterocycles. The topological polar surface area (TPSA) is 61.9 Å². The standard InChI is InChI=1S/C32H37N3O3/c1-38-32(37)30(25-12-6-3-7-13-25)35-22-20-34(21-23-35)27-18-16-26(17-19-27)33-31(36)29-15-9-8-14-28(29)24-10-4-2-5-11-24/h3,6-9,12-19,24,30H,2,4-5,10-11,20-23H2,1H3,(H,33,36). The van der Waals surface area contributed by atoms with Crippen LogP contribution in [0.1, 0.15) is 65.5 Å². The fraction of sp³-hybridized carbons (Fsp3) is 0.375. The van der Waals surface area contributed by atoms with E-state index in [9.17, 15) is 9.59 Å². The van der Waals surface area contributed by atoms with Crippen molar-refractivity contribution >= 4 is 23.3 Å². The van der Waals surface area contributed by atoms with Crippen LogP contribution < -0.4 is 10.2 Å². The summed E-state index contributed by atoms with van der Waals surface area (Å²) in [5.41, 5.74) is 4.83. The minimum atomic E-state index is -0.391. The maximum atomic E-state index is 13.2. The molecule has 0 spiro atoms. The fourth-order valence-electron chi connectivity index (χ4n) is 5.91. The highest BCUT2D eigenvalue weighted by atomic mass is 16.5. The summed E-state index contributed by atoms with van der Waals surface area (Å²) >= 11 is 0. The summed E-state index contributed by atoms with van der Waals surface area (Å²) in [6.45, 7) is 3.12. The SMILES string of the molecule is COC(=O)C(c1ccccc1)N1CCN(c2ccc(NC(=O)c3ccccc3C3CCCCC3)cc2)CC1. The Labute approximate surface area is 225 Å². The zero-order valence-electron chi connectivity index (χ0n) is 22.1. The average molecular weight is 512 g/mol. The van der Waals surface area contributed by atoms with Gasteiger partial charge in [0.15, 0.2) is 0 Å². The summed E-state index contributed by atoms with van der Waals surface area (Å²) in [5, 5.41) is 3.11. The summed E-state index contributed by atoms with van der Waals surface area (Å²) < 4.78 is 5.12. The Balaban J connectivity index is 1.21. The van der Waals surface area contributed by atoms with Gasteiger partial charge in [0.05, 0.1) is 7.11 Å². The molecule has 1 heterocycles. The molecule has 2 aliphatic rings. The van der Waals surface area contributed by atoms with Gasteiger partial charge < -0.3 is 15.0 Å².